The summed E-state index contributed by atoms with van der Waals surface area (Å²) in [4.78, 5) is 12.9. The zero-order chi connectivity index (χ0) is 17.6. The average Bonchev–Trinajstić information content (AvgIpc) is 2.61. The number of hydrogen-bond acceptors (Lipinski definition) is 6. The summed E-state index contributed by atoms with van der Waals surface area (Å²) in [5.41, 5.74) is 0.0731. The van der Waals surface area contributed by atoms with Gasteiger partial charge in [-0.3, -0.25) is 4.79 Å². The second kappa shape index (κ2) is 9.70. The number of halogens is 1. The highest BCUT2D eigenvalue weighted by atomic mass is 35.5. The first-order chi connectivity index (χ1) is 11.6. The van der Waals surface area contributed by atoms with Crippen molar-refractivity contribution in [2.24, 2.45) is 5.41 Å². The number of methoxy groups -OCH3 is 4. The average molecular weight is 375 g/mol. The second-order valence-corrected chi connectivity index (χ2v) is 5.83. The molecule has 1 amide bonds. The summed E-state index contributed by atoms with van der Waals surface area (Å²) in [7, 11) is 6.25. The predicted molar refractivity (Wildman–Crippen MR) is 98.4 cm³/mol. The maximum absolute atomic E-state index is 12.9. The molecule has 0 radical (unpaired) electrons. The van der Waals surface area contributed by atoms with Gasteiger partial charge < -0.3 is 29.6 Å². The van der Waals surface area contributed by atoms with Gasteiger partial charge in [-0.15, -0.1) is 12.4 Å². The molecule has 2 N–H and O–H groups in total. The molecule has 0 unspecified atom stereocenters. The Morgan fingerprint density at radius 2 is 1.64 bits per heavy atom. The van der Waals surface area contributed by atoms with Gasteiger partial charge in [-0.25, -0.2) is 0 Å². The van der Waals surface area contributed by atoms with E-state index < -0.39 is 5.41 Å². The van der Waals surface area contributed by atoms with Gasteiger partial charge in [0, 0.05) is 24.9 Å². The number of carbonyl (C=O) groups excluding carboxylic acids is 1. The first kappa shape index (κ1) is 21.3. The molecule has 1 aliphatic rings. The third kappa shape index (κ3) is 4.68. The van der Waals surface area contributed by atoms with Crippen molar-refractivity contribution in [2.45, 2.75) is 12.8 Å². The number of hydrogen-bond donors (Lipinski definition) is 2. The summed E-state index contributed by atoms with van der Waals surface area (Å²) in [6, 6.07) is 3.45. The van der Waals surface area contributed by atoms with Crippen molar-refractivity contribution in [3.8, 4) is 17.2 Å². The van der Waals surface area contributed by atoms with Gasteiger partial charge in [-0.2, -0.15) is 0 Å². The fraction of sp³-hybridized carbons (Fsp3) is 0.588. The van der Waals surface area contributed by atoms with Crippen molar-refractivity contribution in [3.63, 3.8) is 0 Å². The molecule has 1 aromatic rings. The van der Waals surface area contributed by atoms with Gasteiger partial charge >= 0.3 is 0 Å². The Labute approximate surface area is 154 Å². The van der Waals surface area contributed by atoms with Crippen LogP contribution >= 0.6 is 12.4 Å². The maximum atomic E-state index is 12.9. The summed E-state index contributed by atoms with van der Waals surface area (Å²) in [5, 5.41) is 6.25. The summed E-state index contributed by atoms with van der Waals surface area (Å²) in [6.07, 6.45) is 1.47. The van der Waals surface area contributed by atoms with Crippen LogP contribution in [0.4, 0.5) is 5.69 Å². The van der Waals surface area contributed by atoms with Crippen molar-refractivity contribution in [2.75, 3.05) is 53.5 Å². The molecule has 0 aliphatic carbocycles. The van der Waals surface area contributed by atoms with Crippen molar-refractivity contribution in [1.29, 1.82) is 0 Å². The van der Waals surface area contributed by atoms with Crippen LogP contribution in [0.25, 0.3) is 0 Å². The number of amides is 1. The lowest BCUT2D eigenvalue weighted by atomic mass is 9.78. The van der Waals surface area contributed by atoms with E-state index in [2.05, 4.69) is 10.6 Å². The van der Waals surface area contributed by atoms with E-state index in [9.17, 15) is 4.79 Å². The standard InChI is InChI=1S/C17H26N2O5.ClH/c1-21-11-17(5-7-18-8-6-17)16(20)19-12-9-13(22-2)15(24-4)14(10-12)23-3;/h9-10,18H,5-8,11H2,1-4H3,(H,19,20);1H. The summed E-state index contributed by atoms with van der Waals surface area (Å²) in [5.74, 6) is 1.43. The molecule has 1 aliphatic heterocycles. The zero-order valence-corrected chi connectivity index (χ0v) is 16.0. The summed E-state index contributed by atoms with van der Waals surface area (Å²) < 4.78 is 21.3. The van der Waals surface area contributed by atoms with Gasteiger partial charge in [0.1, 0.15) is 0 Å². The number of benzene rings is 1. The number of nitrogens with one attached hydrogen (secondary N) is 2. The molecule has 1 saturated heterocycles. The fourth-order valence-corrected chi connectivity index (χ4v) is 3.04. The van der Waals surface area contributed by atoms with Gasteiger partial charge in [-0.05, 0) is 25.9 Å². The number of piperidine rings is 1. The van der Waals surface area contributed by atoms with Gasteiger partial charge in [0.2, 0.25) is 11.7 Å². The Kier molecular flexibility index (Phi) is 8.28. The molecule has 0 spiro atoms. The Morgan fingerprint density at radius 1 is 1.08 bits per heavy atom. The van der Waals surface area contributed by atoms with Crippen LogP contribution in [-0.2, 0) is 9.53 Å². The second-order valence-electron chi connectivity index (χ2n) is 5.83. The normalized spacial score (nSPS) is 15.7. The quantitative estimate of drug-likeness (QED) is 0.761. The van der Waals surface area contributed by atoms with Crippen molar-refractivity contribution in [1.82, 2.24) is 5.32 Å². The monoisotopic (exact) mass is 374 g/mol. The fourth-order valence-electron chi connectivity index (χ4n) is 3.04. The molecule has 7 nitrogen and oxygen atoms in total. The van der Waals surface area contributed by atoms with Crippen LogP contribution in [0.3, 0.4) is 0 Å². The molecular formula is C17H27ClN2O5. The number of rotatable bonds is 7. The lowest BCUT2D eigenvalue weighted by Crippen LogP contribution is -2.47. The number of anilines is 1. The van der Waals surface area contributed by atoms with Crippen LogP contribution < -0.4 is 24.8 Å². The summed E-state index contributed by atoms with van der Waals surface area (Å²) >= 11 is 0. The summed E-state index contributed by atoms with van der Waals surface area (Å²) in [6.45, 7) is 1.99. The third-order valence-electron chi connectivity index (χ3n) is 4.39. The van der Waals surface area contributed by atoms with E-state index in [-0.39, 0.29) is 18.3 Å². The van der Waals surface area contributed by atoms with Crippen molar-refractivity contribution in [3.05, 3.63) is 12.1 Å². The first-order valence-corrected chi connectivity index (χ1v) is 7.91. The van der Waals surface area contributed by atoms with Gasteiger partial charge in [0.25, 0.3) is 0 Å². The minimum atomic E-state index is -0.527. The van der Waals surface area contributed by atoms with Gasteiger partial charge in [-0.1, -0.05) is 0 Å². The van der Waals surface area contributed by atoms with Crippen LogP contribution in [-0.4, -0.2) is 54.0 Å². The van der Waals surface area contributed by atoms with Crippen LogP contribution in [0.1, 0.15) is 12.8 Å². The molecule has 0 atom stereocenters. The number of carbonyl (C=O) groups is 1. The van der Waals surface area contributed by atoms with E-state index in [1.807, 2.05) is 0 Å². The van der Waals surface area contributed by atoms with Crippen molar-refractivity contribution < 1.29 is 23.7 Å². The van der Waals surface area contributed by atoms with E-state index in [0.717, 1.165) is 25.9 Å². The van der Waals surface area contributed by atoms with E-state index in [1.54, 1.807) is 40.6 Å². The molecule has 0 aromatic heterocycles. The topological polar surface area (TPSA) is 78.1 Å². The van der Waals surface area contributed by atoms with Crippen molar-refractivity contribution >= 4 is 24.0 Å². The minimum Gasteiger partial charge on any atom is -0.493 e. The van der Waals surface area contributed by atoms with E-state index in [4.69, 9.17) is 18.9 Å². The highest BCUT2D eigenvalue weighted by molar-refractivity contribution is 5.96. The molecule has 142 valence electrons. The van der Waals surface area contributed by atoms with Crippen LogP contribution in [0, 0.1) is 5.41 Å². The molecule has 1 aromatic carbocycles. The largest absolute Gasteiger partial charge is 0.493 e. The van der Waals surface area contributed by atoms with E-state index in [1.165, 1.54) is 0 Å². The molecule has 1 fully saturated rings. The highest BCUT2D eigenvalue weighted by Crippen LogP contribution is 2.40. The molecule has 1 heterocycles. The lowest BCUT2D eigenvalue weighted by molar-refractivity contribution is -0.130. The smallest absolute Gasteiger partial charge is 0.233 e. The zero-order valence-electron chi connectivity index (χ0n) is 15.1. The van der Waals surface area contributed by atoms with Gasteiger partial charge in [0.05, 0.1) is 33.4 Å². The predicted octanol–water partition coefficient (Wildman–Crippen LogP) is 2.09. The Balaban J connectivity index is 0.00000312. The molecular weight excluding hydrogens is 348 g/mol. The molecule has 25 heavy (non-hydrogen) atoms. The van der Waals surface area contributed by atoms with Gasteiger partial charge in [0.15, 0.2) is 11.5 Å². The van der Waals surface area contributed by atoms with E-state index in [0.29, 0.717) is 29.5 Å². The van der Waals surface area contributed by atoms with Crippen LogP contribution in [0.5, 0.6) is 17.2 Å². The minimum absolute atomic E-state index is 0. The molecule has 0 bridgehead atoms. The Morgan fingerprint density at radius 3 is 2.08 bits per heavy atom. The Bertz CT molecular complexity index is 546. The molecule has 0 saturated carbocycles. The molecule has 8 heteroatoms. The maximum Gasteiger partial charge on any atom is 0.233 e. The van der Waals surface area contributed by atoms with Crippen LogP contribution in [0.15, 0.2) is 12.1 Å². The Hall–Kier alpha value is -1.70. The number of ether oxygens (including phenoxy) is 4. The highest BCUT2D eigenvalue weighted by Gasteiger charge is 2.39. The van der Waals surface area contributed by atoms with E-state index >= 15 is 0 Å². The third-order valence-corrected chi connectivity index (χ3v) is 4.39. The SMILES string of the molecule is COCC1(C(=O)Nc2cc(OC)c(OC)c(OC)c2)CCNCC1.Cl. The lowest BCUT2D eigenvalue weighted by Gasteiger charge is -2.35. The molecule has 2 rings (SSSR count). The van der Waals surface area contributed by atoms with Crippen LogP contribution in [0.2, 0.25) is 0 Å². The first-order valence-electron chi connectivity index (χ1n) is 7.91.